The van der Waals surface area contributed by atoms with Crippen molar-refractivity contribution in [3.05, 3.63) is 23.0 Å². The summed E-state index contributed by atoms with van der Waals surface area (Å²) < 4.78 is 0. The summed E-state index contributed by atoms with van der Waals surface area (Å²) in [6.45, 7) is 3.41. The van der Waals surface area contributed by atoms with Crippen molar-refractivity contribution in [1.29, 1.82) is 0 Å². The van der Waals surface area contributed by atoms with Crippen LogP contribution in [0, 0.1) is 46.3 Å². The van der Waals surface area contributed by atoms with Crippen LogP contribution in [-0.4, -0.2) is 108 Å². The maximum absolute atomic E-state index is 14.2. The number of hydrogen-bond acceptors (Lipinski definition) is 12. The van der Waals surface area contributed by atoms with Gasteiger partial charge in [0.2, 0.25) is 11.8 Å². The number of nitrogens with one attached hydrogen (secondary N) is 2. The molecule has 2 saturated heterocycles. The van der Waals surface area contributed by atoms with Crippen LogP contribution in [0.25, 0.3) is 0 Å². The summed E-state index contributed by atoms with van der Waals surface area (Å²) in [7, 11) is 0. The van der Waals surface area contributed by atoms with E-state index in [1.165, 1.54) is 0 Å². The summed E-state index contributed by atoms with van der Waals surface area (Å²) in [5.41, 5.74) is 3.58. The Bertz CT molecular complexity index is 2140. The predicted molar refractivity (Wildman–Crippen MR) is 209 cm³/mol. The molecule has 9 N–H and O–H groups in total. The summed E-state index contributed by atoms with van der Waals surface area (Å²) >= 11 is 0. The number of hydrogen-bond donors (Lipinski definition) is 8. The number of carboxylic acids is 5. The van der Waals surface area contributed by atoms with Crippen LogP contribution in [-0.2, 0) is 38.4 Å². The van der Waals surface area contributed by atoms with Crippen LogP contribution in [0.2, 0.25) is 0 Å². The van der Waals surface area contributed by atoms with Gasteiger partial charge in [-0.25, -0.2) is 0 Å². The number of ketones is 1. The van der Waals surface area contributed by atoms with Gasteiger partial charge in [0.05, 0.1) is 47.3 Å². The van der Waals surface area contributed by atoms with E-state index >= 15 is 0 Å². The lowest BCUT2D eigenvalue weighted by molar-refractivity contribution is -0.139. The normalized spacial score (nSPS) is 38.4. The molecule has 3 fully saturated rings. The molecule has 6 aliphatic heterocycles. The molecule has 322 valence electrons. The van der Waals surface area contributed by atoms with Crippen LogP contribution in [0.1, 0.15) is 97.3 Å². The van der Waals surface area contributed by atoms with Crippen molar-refractivity contribution < 1.29 is 63.9 Å². The van der Waals surface area contributed by atoms with Crippen molar-refractivity contribution in [2.75, 3.05) is 0 Å². The molecule has 8 bridgehead atoms. The fraction of sp³-hybridized carbons (Fsp3) is 0.634. The third-order valence-electron chi connectivity index (χ3n) is 14.6. The van der Waals surface area contributed by atoms with E-state index in [0.29, 0.717) is 5.70 Å². The van der Waals surface area contributed by atoms with Crippen molar-refractivity contribution in [3.63, 3.8) is 0 Å². The average Bonchev–Trinajstić information content (AvgIpc) is 3.84. The maximum atomic E-state index is 14.2. The molecule has 60 heavy (non-hydrogen) atoms. The fourth-order valence-corrected chi connectivity index (χ4v) is 11.7. The SMILES string of the molecule is C[C@]1(C(N)=O)C2=N[C@@H](C[C@]34NC(=O)C[C@@]3(C)[C@H](CCC(=O)O)/C(=C/C3=NC(=C5/C(=O)CC[C@@H]6C5=N[C@H](C2)[C@H]6CC(=O)O)/[C@@H](CCC(=O)O)[C@@H]3CC(=O)O)N4)[C@H]1CCC(=O)O. The molecule has 2 amide bonds. The smallest absolute Gasteiger partial charge is 0.304 e. The van der Waals surface area contributed by atoms with Crippen molar-refractivity contribution in [2.24, 2.45) is 67.0 Å². The Labute approximate surface area is 343 Å². The Morgan fingerprint density at radius 1 is 0.817 bits per heavy atom. The molecule has 7 aliphatic rings. The number of Topliss-reactive ketones (excluding diaryl/α,β-unsaturated/α-hetero) is 1. The number of allylic oxidation sites excluding steroid dienone is 4. The number of carbonyl (C=O) groups excluding carboxylic acids is 3. The second-order valence-electron chi connectivity index (χ2n) is 17.9. The summed E-state index contributed by atoms with van der Waals surface area (Å²) in [5.74, 6) is -11.9. The van der Waals surface area contributed by atoms with Gasteiger partial charge in [-0.1, -0.05) is 6.92 Å². The van der Waals surface area contributed by atoms with Crippen LogP contribution < -0.4 is 16.4 Å². The van der Waals surface area contributed by atoms with E-state index in [-0.39, 0.29) is 111 Å². The lowest BCUT2D eigenvalue weighted by Crippen LogP contribution is -2.59. The molecule has 7 rings (SSSR count). The van der Waals surface area contributed by atoms with Gasteiger partial charge in [0.25, 0.3) is 0 Å². The number of nitrogens with two attached hydrogens (primary N) is 1. The van der Waals surface area contributed by atoms with Gasteiger partial charge in [0.15, 0.2) is 5.78 Å². The molecule has 6 heterocycles. The number of rotatable bonds is 14. The number of aliphatic imine (C=N–C) groups is 3. The number of amides is 2. The van der Waals surface area contributed by atoms with Crippen molar-refractivity contribution in [2.45, 2.75) is 115 Å². The van der Waals surface area contributed by atoms with Gasteiger partial charge in [-0.2, -0.15) is 0 Å². The summed E-state index contributed by atoms with van der Waals surface area (Å²) in [4.78, 5) is 118. The van der Waals surface area contributed by atoms with Crippen molar-refractivity contribution >= 4 is 64.6 Å². The highest BCUT2D eigenvalue weighted by atomic mass is 16.4. The van der Waals surface area contributed by atoms with E-state index in [9.17, 15) is 63.9 Å². The Balaban J connectivity index is 1.52. The van der Waals surface area contributed by atoms with Crippen LogP contribution >= 0.6 is 0 Å². The number of primary amides is 1. The van der Waals surface area contributed by atoms with Crippen LogP contribution in [0.3, 0.4) is 0 Å². The third kappa shape index (κ3) is 7.08. The first kappa shape index (κ1) is 42.4. The van der Waals surface area contributed by atoms with Crippen LogP contribution in [0.4, 0.5) is 0 Å². The van der Waals surface area contributed by atoms with E-state index in [2.05, 4.69) is 10.6 Å². The number of carboxylic acid groups (broad SMARTS) is 5. The van der Waals surface area contributed by atoms with E-state index in [1.54, 1.807) is 13.0 Å². The van der Waals surface area contributed by atoms with Gasteiger partial charge in [-0.05, 0) is 38.7 Å². The Morgan fingerprint density at radius 3 is 2.10 bits per heavy atom. The molecule has 1 saturated carbocycles. The molecule has 0 aromatic rings. The van der Waals surface area contributed by atoms with Crippen LogP contribution in [0.15, 0.2) is 38.0 Å². The molecular formula is C41H50N6O13. The fourth-order valence-electron chi connectivity index (χ4n) is 11.7. The van der Waals surface area contributed by atoms with Gasteiger partial charge in [-0.15, -0.1) is 0 Å². The van der Waals surface area contributed by atoms with Gasteiger partial charge in [-0.3, -0.25) is 53.3 Å². The summed E-state index contributed by atoms with van der Waals surface area (Å²) in [5, 5.41) is 56.5. The zero-order chi connectivity index (χ0) is 43.6. The van der Waals surface area contributed by atoms with E-state index in [1.807, 2.05) is 6.92 Å². The second kappa shape index (κ2) is 15.4. The molecule has 19 nitrogen and oxygen atoms in total. The maximum Gasteiger partial charge on any atom is 0.304 e. The minimum atomic E-state index is -1.56. The number of fused-ring (bicyclic) bond motifs is 4. The highest BCUT2D eigenvalue weighted by Gasteiger charge is 2.67. The molecule has 1 spiro atoms. The lowest BCUT2D eigenvalue weighted by atomic mass is 9.64. The summed E-state index contributed by atoms with van der Waals surface area (Å²) in [6, 6.07) is -1.70. The van der Waals surface area contributed by atoms with Gasteiger partial charge >= 0.3 is 29.8 Å². The Hall–Kier alpha value is -5.75. The van der Waals surface area contributed by atoms with Gasteiger partial charge < -0.3 is 41.9 Å². The standard InChI is InChI=1S/C41H50N6O13/c1-39-16-29(49)47-41(39)15-26-22(6-10-32(54)55)40(2,38(42)60)28(43-26)14-24-20(12-34(58)59)17-3-7-27(48)35(36(17)45-24)37-18(4-8-30(50)51)19(11-33(56)57)23(44-37)13-25(46-41)21(39)5-9-31(52)53/h13,17-22,24,26,46H,3-12,14-16H2,1-2H3,(H2,42,60)(H,47,49)(H,50,51)(H,52,53)(H,54,55)(H,56,57)(H,58,59)/b25-13-,37-35-/t17-,18-,19-,20-,21+,22+,24+,26-,39-,40+,41-/m0/s1. The minimum absolute atomic E-state index is 0.0107. The second-order valence-corrected chi connectivity index (χ2v) is 17.9. The number of carbonyl (C=O) groups is 8. The Kier molecular flexibility index (Phi) is 10.9. The number of aliphatic carboxylic acids is 5. The molecule has 0 aromatic carbocycles. The monoisotopic (exact) mass is 834 g/mol. The van der Waals surface area contributed by atoms with E-state index < -0.39 is 113 Å². The molecular weight excluding hydrogens is 784 g/mol. The van der Waals surface area contributed by atoms with Crippen molar-refractivity contribution in [1.82, 2.24) is 10.6 Å². The summed E-state index contributed by atoms with van der Waals surface area (Å²) in [6.07, 6.45) is -0.403. The first-order valence-electron chi connectivity index (χ1n) is 20.4. The minimum Gasteiger partial charge on any atom is -0.481 e. The molecule has 0 radical (unpaired) electrons. The zero-order valence-corrected chi connectivity index (χ0v) is 33.3. The highest BCUT2D eigenvalue weighted by Crippen LogP contribution is 2.59. The topological polar surface area (TPSA) is 325 Å². The quantitative estimate of drug-likeness (QED) is 0.124. The largest absolute Gasteiger partial charge is 0.481 e. The van der Waals surface area contributed by atoms with E-state index in [0.717, 1.165) is 0 Å². The van der Waals surface area contributed by atoms with Gasteiger partial charge in [0.1, 0.15) is 5.66 Å². The molecule has 0 unspecified atom stereocenters. The molecule has 1 aliphatic carbocycles. The number of nitrogens with zero attached hydrogens (tertiary/aromatic N) is 3. The zero-order valence-electron chi connectivity index (χ0n) is 33.3. The van der Waals surface area contributed by atoms with E-state index in [4.69, 9.17) is 20.7 Å². The van der Waals surface area contributed by atoms with Gasteiger partial charge in [0, 0.05) is 103 Å². The Morgan fingerprint density at radius 2 is 1.47 bits per heavy atom. The molecule has 19 heteroatoms. The van der Waals surface area contributed by atoms with Crippen molar-refractivity contribution in [3.8, 4) is 0 Å². The predicted octanol–water partition coefficient (Wildman–Crippen LogP) is 1.94. The lowest BCUT2D eigenvalue weighted by Gasteiger charge is -2.42. The third-order valence-corrected chi connectivity index (χ3v) is 14.6. The molecule has 0 aromatic heterocycles. The van der Waals surface area contributed by atoms with Crippen LogP contribution in [0.5, 0.6) is 0 Å². The highest BCUT2D eigenvalue weighted by molar-refractivity contribution is 6.26. The average molecular weight is 835 g/mol. The first-order valence-corrected chi connectivity index (χ1v) is 20.4. The molecule has 11 atom stereocenters. The first-order chi connectivity index (χ1) is 28.2.